The van der Waals surface area contributed by atoms with E-state index in [1.165, 1.54) is 24.3 Å². The van der Waals surface area contributed by atoms with Crippen LogP contribution in [0, 0.1) is 0 Å². The molecule has 0 aliphatic heterocycles. The molecular weight excluding hydrogens is 226 g/mol. The van der Waals surface area contributed by atoms with Crippen LogP contribution in [0.2, 0.25) is 0 Å². The first kappa shape index (κ1) is 8.75. The minimum atomic E-state index is -2.49. The molecule has 0 spiro atoms. The second-order valence-electron chi connectivity index (χ2n) is 3.79. The van der Waals surface area contributed by atoms with E-state index in [1.54, 1.807) is 0 Å². The van der Waals surface area contributed by atoms with Crippen molar-refractivity contribution in [2.24, 2.45) is 0 Å². The summed E-state index contributed by atoms with van der Waals surface area (Å²) in [6.45, 7) is 0.438. The Bertz CT molecular complexity index is 595. The molecule has 0 unspecified atom stereocenters. The number of carbonyl (C=O) groups excluding carboxylic acids is 1. The van der Waals surface area contributed by atoms with Gasteiger partial charge in [0.25, 0.3) is 5.91 Å². The average molecular weight is 244 g/mol. The van der Waals surface area contributed by atoms with Crippen molar-refractivity contribution in [3.8, 4) is 5.75 Å². The Balaban J connectivity index is 1.94. The molecule has 3 heteroatoms. The zero-order valence-corrected chi connectivity index (χ0v) is 9.72. The fourth-order valence-corrected chi connectivity index (χ4v) is 1.55. The highest BCUT2D eigenvalue weighted by Crippen LogP contribution is 2.11. The van der Waals surface area contributed by atoms with Crippen LogP contribution >= 0.6 is 0 Å². The van der Waals surface area contributed by atoms with Crippen molar-refractivity contribution in [2.45, 2.75) is 6.54 Å². The SMILES string of the molecule is [2H]C([2H])([2H])Oc1ccc(C(=O)NCc2ccccc2)cc1. The van der Waals surface area contributed by atoms with E-state index in [2.05, 4.69) is 5.32 Å². The summed E-state index contributed by atoms with van der Waals surface area (Å²) in [5, 5.41) is 2.79. The van der Waals surface area contributed by atoms with Gasteiger partial charge in [-0.1, -0.05) is 30.3 Å². The molecule has 0 radical (unpaired) electrons. The third-order valence-electron chi connectivity index (χ3n) is 2.53. The lowest BCUT2D eigenvalue weighted by molar-refractivity contribution is 0.0951. The molecule has 1 amide bonds. The van der Waals surface area contributed by atoms with Gasteiger partial charge in [-0.2, -0.15) is 0 Å². The van der Waals surface area contributed by atoms with Crippen molar-refractivity contribution in [1.82, 2.24) is 5.32 Å². The van der Waals surface area contributed by atoms with Crippen molar-refractivity contribution in [3.63, 3.8) is 0 Å². The number of amides is 1. The first-order valence-corrected chi connectivity index (χ1v) is 5.55. The number of ether oxygens (including phenoxy) is 1. The highest BCUT2D eigenvalue weighted by atomic mass is 16.5. The molecule has 0 atom stereocenters. The second kappa shape index (κ2) is 5.87. The fourth-order valence-electron chi connectivity index (χ4n) is 1.55. The zero-order valence-electron chi connectivity index (χ0n) is 12.7. The van der Waals surface area contributed by atoms with E-state index in [-0.39, 0.29) is 11.7 Å². The van der Waals surface area contributed by atoms with Gasteiger partial charge in [-0.25, -0.2) is 0 Å². The van der Waals surface area contributed by atoms with Gasteiger partial charge in [-0.3, -0.25) is 4.79 Å². The van der Waals surface area contributed by atoms with E-state index in [0.717, 1.165) is 5.56 Å². The highest BCUT2D eigenvalue weighted by Gasteiger charge is 2.04. The number of hydrogen-bond acceptors (Lipinski definition) is 2. The molecule has 0 saturated heterocycles. The van der Waals surface area contributed by atoms with Crippen molar-refractivity contribution in [3.05, 3.63) is 65.7 Å². The lowest BCUT2D eigenvalue weighted by Gasteiger charge is -2.06. The number of nitrogens with one attached hydrogen (secondary N) is 1. The molecule has 0 fully saturated rings. The molecule has 1 N–H and O–H groups in total. The number of benzene rings is 2. The lowest BCUT2D eigenvalue weighted by atomic mass is 10.2. The van der Waals surface area contributed by atoms with Gasteiger partial charge in [0, 0.05) is 12.1 Å². The summed E-state index contributed by atoms with van der Waals surface area (Å²) >= 11 is 0. The Morgan fingerprint density at radius 1 is 1.17 bits per heavy atom. The second-order valence-corrected chi connectivity index (χ2v) is 3.79. The van der Waals surface area contributed by atoms with Crippen molar-refractivity contribution in [2.75, 3.05) is 7.04 Å². The van der Waals surface area contributed by atoms with E-state index < -0.39 is 7.04 Å². The molecule has 0 aromatic heterocycles. The zero-order chi connectivity index (χ0) is 15.3. The van der Waals surface area contributed by atoms with E-state index in [4.69, 9.17) is 8.85 Å². The minimum absolute atomic E-state index is 0.203. The van der Waals surface area contributed by atoms with Crippen LogP contribution in [0.3, 0.4) is 0 Å². The van der Waals surface area contributed by atoms with Crippen LogP contribution in [0.4, 0.5) is 0 Å². The van der Waals surface area contributed by atoms with E-state index in [9.17, 15) is 4.79 Å². The quantitative estimate of drug-likeness (QED) is 0.897. The fraction of sp³-hybridized carbons (Fsp3) is 0.133. The molecule has 3 nitrogen and oxygen atoms in total. The standard InChI is InChI=1S/C15H15NO2/c1-18-14-9-7-13(8-10-14)15(17)16-11-12-5-3-2-4-6-12/h2-10H,11H2,1H3,(H,16,17)/i1D3. The maximum Gasteiger partial charge on any atom is 0.251 e. The molecule has 2 rings (SSSR count). The molecular formula is C15H15NO2. The Morgan fingerprint density at radius 3 is 2.56 bits per heavy atom. The lowest BCUT2D eigenvalue weighted by Crippen LogP contribution is -2.22. The molecule has 0 aliphatic rings. The van der Waals surface area contributed by atoms with E-state index in [0.29, 0.717) is 12.1 Å². The molecule has 0 aliphatic carbocycles. The van der Waals surface area contributed by atoms with Crippen LogP contribution in [0.25, 0.3) is 0 Å². The van der Waals surface area contributed by atoms with Gasteiger partial charge in [0.05, 0.1) is 11.2 Å². The van der Waals surface area contributed by atoms with Crippen LogP contribution in [0.5, 0.6) is 5.75 Å². The Labute approximate surface area is 111 Å². The van der Waals surface area contributed by atoms with Crippen LogP contribution in [-0.4, -0.2) is 12.9 Å². The molecule has 0 bridgehead atoms. The van der Waals surface area contributed by atoms with Gasteiger partial charge in [-0.15, -0.1) is 0 Å². The highest BCUT2D eigenvalue weighted by molar-refractivity contribution is 5.94. The summed E-state index contributed by atoms with van der Waals surface area (Å²) in [4.78, 5) is 12.0. The van der Waals surface area contributed by atoms with Gasteiger partial charge in [-0.05, 0) is 29.8 Å². The molecule has 18 heavy (non-hydrogen) atoms. The van der Waals surface area contributed by atoms with E-state index >= 15 is 0 Å². The largest absolute Gasteiger partial charge is 0.497 e. The monoisotopic (exact) mass is 244 g/mol. The first-order chi connectivity index (χ1) is 9.94. The van der Waals surface area contributed by atoms with Gasteiger partial charge < -0.3 is 10.1 Å². The third-order valence-corrected chi connectivity index (χ3v) is 2.53. The first-order valence-electron chi connectivity index (χ1n) is 7.05. The van der Waals surface area contributed by atoms with Crippen LogP contribution in [0.1, 0.15) is 20.0 Å². The predicted molar refractivity (Wildman–Crippen MR) is 70.6 cm³/mol. The normalized spacial score (nSPS) is 13.0. The van der Waals surface area contributed by atoms with Crippen LogP contribution < -0.4 is 10.1 Å². The molecule has 0 heterocycles. The third kappa shape index (κ3) is 3.10. The predicted octanol–water partition coefficient (Wildman–Crippen LogP) is 2.63. The van der Waals surface area contributed by atoms with Crippen LogP contribution in [-0.2, 0) is 6.54 Å². The maximum absolute atomic E-state index is 12.0. The summed E-state index contributed by atoms with van der Waals surface area (Å²) < 4.78 is 25.7. The van der Waals surface area contributed by atoms with Crippen molar-refractivity contribution >= 4 is 5.91 Å². The Kier molecular flexibility index (Phi) is 2.85. The van der Waals surface area contributed by atoms with Gasteiger partial charge in [0.15, 0.2) is 0 Å². The molecule has 2 aromatic rings. The minimum Gasteiger partial charge on any atom is -0.497 e. The summed E-state index contributed by atoms with van der Waals surface area (Å²) in [5.41, 5.74) is 1.46. The number of rotatable bonds is 4. The van der Waals surface area contributed by atoms with Gasteiger partial charge >= 0.3 is 0 Å². The summed E-state index contributed by atoms with van der Waals surface area (Å²) in [7, 11) is -2.49. The number of hydrogen-bond donors (Lipinski definition) is 1. The summed E-state index contributed by atoms with van der Waals surface area (Å²) in [5.74, 6) is -0.0195. The Hall–Kier alpha value is -2.29. The average Bonchev–Trinajstić information content (AvgIpc) is 2.45. The van der Waals surface area contributed by atoms with Crippen molar-refractivity contribution in [1.29, 1.82) is 0 Å². The molecule has 2 aromatic carbocycles. The number of carbonyl (C=O) groups is 1. The van der Waals surface area contributed by atoms with Crippen molar-refractivity contribution < 1.29 is 13.6 Å². The molecule has 92 valence electrons. The smallest absolute Gasteiger partial charge is 0.251 e. The summed E-state index contributed by atoms with van der Waals surface area (Å²) in [6.07, 6.45) is 0. The van der Waals surface area contributed by atoms with Crippen LogP contribution in [0.15, 0.2) is 54.6 Å². The van der Waals surface area contributed by atoms with E-state index in [1.807, 2.05) is 30.3 Å². The topological polar surface area (TPSA) is 38.3 Å². The number of methoxy groups -OCH3 is 1. The molecule has 0 saturated carbocycles. The van der Waals surface area contributed by atoms with Gasteiger partial charge in [0.1, 0.15) is 5.75 Å². The Morgan fingerprint density at radius 2 is 1.89 bits per heavy atom. The van der Waals surface area contributed by atoms with Gasteiger partial charge in [0.2, 0.25) is 0 Å². The summed E-state index contributed by atoms with van der Waals surface area (Å²) in [6, 6.07) is 15.6. The maximum atomic E-state index is 12.0.